The molecule has 10 nitrogen and oxygen atoms in total. The maximum Gasteiger partial charge on any atom is 0.264 e. The van der Waals surface area contributed by atoms with E-state index in [1.807, 2.05) is 18.2 Å². The molecule has 3 heterocycles. The van der Waals surface area contributed by atoms with Gasteiger partial charge in [0, 0.05) is 62.5 Å². The largest absolute Gasteiger partial charge is 0.501 e. The Balaban J connectivity index is 1.26. The lowest BCUT2D eigenvalue weighted by atomic mass is 10.0. The molecular formula is C28H31N5O5S. The van der Waals surface area contributed by atoms with E-state index in [1.165, 1.54) is 19.2 Å². The normalized spacial score (nSPS) is 18.1. The molecule has 39 heavy (non-hydrogen) atoms. The molecule has 0 radical (unpaired) electrons. The number of methoxy groups -OCH3 is 2. The molecule has 0 aliphatic carbocycles. The lowest BCUT2D eigenvalue weighted by Gasteiger charge is -2.37. The molecule has 3 aromatic rings. The highest BCUT2D eigenvalue weighted by Gasteiger charge is 2.28. The summed E-state index contributed by atoms with van der Waals surface area (Å²) in [6.45, 7) is 4.15. The molecule has 1 atom stereocenters. The number of nitrogens with zero attached hydrogens (tertiary/aromatic N) is 4. The van der Waals surface area contributed by atoms with Crippen LogP contribution in [0.2, 0.25) is 0 Å². The van der Waals surface area contributed by atoms with Crippen LogP contribution >= 0.6 is 0 Å². The molecule has 0 saturated carbocycles. The Kier molecular flexibility index (Phi) is 7.80. The summed E-state index contributed by atoms with van der Waals surface area (Å²) >= 11 is 0. The van der Waals surface area contributed by atoms with Crippen molar-refractivity contribution in [2.75, 3.05) is 58.2 Å². The van der Waals surface area contributed by atoms with Crippen molar-refractivity contribution in [2.45, 2.75) is 4.90 Å². The number of para-hydroxylation sites is 1. The van der Waals surface area contributed by atoms with Gasteiger partial charge in [-0.25, -0.2) is 8.42 Å². The number of ether oxygens (including phenoxy) is 2. The summed E-state index contributed by atoms with van der Waals surface area (Å²) in [7, 11) is -0.791. The molecule has 1 unspecified atom stereocenters. The maximum atomic E-state index is 13.4. The highest BCUT2D eigenvalue weighted by atomic mass is 32.2. The highest BCUT2D eigenvalue weighted by molar-refractivity contribution is 7.93. The molecule has 204 valence electrons. The van der Waals surface area contributed by atoms with Gasteiger partial charge in [0.05, 0.1) is 37.5 Å². The van der Waals surface area contributed by atoms with Crippen molar-refractivity contribution < 1.29 is 22.7 Å². The monoisotopic (exact) mass is 549 g/mol. The fraction of sp³-hybridized carbons (Fsp3) is 0.321. The summed E-state index contributed by atoms with van der Waals surface area (Å²) in [5, 5.41) is 0.724. The zero-order chi connectivity index (χ0) is 27.4. The minimum absolute atomic E-state index is 0.0748. The molecule has 11 heteroatoms. The second-order valence-corrected chi connectivity index (χ2v) is 11.1. The summed E-state index contributed by atoms with van der Waals surface area (Å²) in [4.78, 5) is 26.2. The van der Waals surface area contributed by atoms with E-state index in [0.29, 0.717) is 42.2 Å². The topological polar surface area (TPSA) is 113 Å². The molecule has 0 spiro atoms. The third kappa shape index (κ3) is 5.74. The first-order valence-electron chi connectivity index (χ1n) is 12.7. The van der Waals surface area contributed by atoms with E-state index >= 15 is 0 Å². The Morgan fingerprint density at radius 3 is 2.62 bits per heavy atom. The average molecular weight is 550 g/mol. The number of allylic oxidation sites excluding steroid dienone is 1. The van der Waals surface area contributed by atoms with Crippen LogP contribution in [0.25, 0.3) is 10.9 Å². The molecule has 2 aliphatic heterocycles. The summed E-state index contributed by atoms with van der Waals surface area (Å²) in [5.41, 5.74) is 1.06. The van der Waals surface area contributed by atoms with E-state index in [2.05, 4.69) is 19.6 Å². The quantitative estimate of drug-likeness (QED) is 0.460. The van der Waals surface area contributed by atoms with E-state index in [4.69, 9.17) is 9.47 Å². The molecule has 5 rings (SSSR count). The van der Waals surface area contributed by atoms with Gasteiger partial charge in [-0.3, -0.25) is 24.4 Å². The van der Waals surface area contributed by atoms with Crippen molar-refractivity contribution in [3.63, 3.8) is 0 Å². The molecule has 2 aliphatic rings. The Bertz CT molecular complexity index is 1530. The van der Waals surface area contributed by atoms with Gasteiger partial charge in [0.1, 0.15) is 16.4 Å². The fourth-order valence-corrected chi connectivity index (χ4v) is 6.20. The number of rotatable bonds is 8. The summed E-state index contributed by atoms with van der Waals surface area (Å²) in [5.74, 6) is 1.29. The molecule has 1 N–H and O–H groups in total. The smallest absolute Gasteiger partial charge is 0.264 e. The Labute approximate surface area is 228 Å². The number of amides is 1. The van der Waals surface area contributed by atoms with E-state index in [1.54, 1.807) is 48.7 Å². The molecule has 0 bridgehead atoms. The zero-order valence-electron chi connectivity index (χ0n) is 21.9. The van der Waals surface area contributed by atoms with Crippen molar-refractivity contribution in [3.05, 3.63) is 72.1 Å². The van der Waals surface area contributed by atoms with Gasteiger partial charge in [-0.2, -0.15) is 0 Å². The first-order chi connectivity index (χ1) is 18.9. The number of sulfonamides is 1. The van der Waals surface area contributed by atoms with E-state index < -0.39 is 10.0 Å². The number of nitrogens with one attached hydrogen (secondary N) is 1. The maximum absolute atomic E-state index is 13.4. The minimum Gasteiger partial charge on any atom is -0.501 e. The van der Waals surface area contributed by atoms with Crippen LogP contribution in [0, 0.1) is 5.92 Å². The van der Waals surface area contributed by atoms with Crippen LogP contribution in [-0.2, 0) is 14.8 Å². The van der Waals surface area contributed by atoms with Gasteiger partial charge >= 0.3 is 0 Å². The third-order valence-corrected chi connectivity index (χ3v) is 8.43. The van der Waals surface area contributed by atoms with Crippen molar-refractivity contribution in [3.8, 4) is 5.75 Å². The number of hydrogen-bond acceptors (Lipinski definition) is 8. The number of hydrogen-bond donors (Lipinski definition) is 1. The van der Waals surface area contributed by atoms with Gasteiger partial charge in [-0.1, -0.05) is 18.2 Å². The molecule has 1 saturated heterocycles. The number of carbonyl (C=O) groups excluding carboxylic acids is 1. The number of aliphatic imine (C=N–C) groups is 1. The number of benzene rings is 2. The number of pyridine rings is 1. The van der Waals surface area contributed by atoms with Crippen LogP contribution in [0.4, 0.5) is 5.69 Å². The SMILES string of the molecule is COC1=CC=NCC1CN1CCN(C(=O)c2ccc(NS(=O)(=O)c3cccc4cccnc34)cc2OC)CC1. The Hall–Kier alpha value is -3.96. The van der Waals surface area contributed by atoms with Crippen molar-refractivity contribution in [2.24, 2.45) is 10.9 Å². The van der Waals surface area contributed by atoms with Gasteiger partial charge < -0.3 is 14.4 Å². The van der Waals surface area contributed by atoms with Crippen LogP contribution in [-0.4, -0.2) is 88.8 Å². The minimum atomic E-state index is -3.93. The molecular weight excluding hydrogens is 518 g/mol. The van der Waals surface area contributed by atoms with Crippen LogP contribution < -0.4 is 9.46 Å². The number of fused-ring (bicyclic) bond motifs is 1. The van der Waals surface area contributed by atoms with Crippen LogP contribution in [0.1, 0.15) is 10.4 Å². The molecule has 1 aromatic heterocycles. The Morgan fingerprint density at radius 2 is 1.85 bits per heavy atom. The average Bonchev–Trinajstić information content (AvgIpc) is 2.97. The predicted octanol–water partition coefficient (Wildman–Crippen LogP) is 3.03. The second kappa shape index (κ2) is 11.4. The van der Waals surface area contributed by atoms with Gasteiger partial charge in [0.25, 0.3) is 15.9 Å². The number of dihydropyridines is 1. The van der Waals surface area contributed by atoms with Crippen LogP contribution in [0.5, 0.6) is 5.75 Å². The van der Waals surface area contributed by atoms with Crippen molar-refractivity contribution in [1.29, 1.82) is 0 Å². The van der Waals surface area contributed by atoms with E-state index in [9.17, 15) is 13.2 Å². The second-order valence-electron chi connectivity index (χ2n) is 9.43. The molecule has 1 fully saturated rings. The van der Waals surface area contributed by atoms with E-state index in [-0.39, 0.29) is 16.7 Å². The van der Waals surface area contributed by atoms with Gasteiger partial charge in [0.2, 0.25) is 0 Å². The summed E-state index contributed by atoms with van der Waals surface area (Å²) in [6.07, 6.45) is 5.24. The van der Waals surface area contributed by atoms with Crippen LogP contribution in [0.3, 0.4) is 0 Å². The molecule has 2 aromatic carbocycles. The van der Waals surface area contributed by atoms with E-state index in [0.717, 1.165) is 30.8 Å². The Morgan fingerprint density at radius 1 is 1.05 bits per heavy atom. The third-order valence-electron chi connectivity index (χ3n) is 7.02. The van der Waals surface area contributed by atoms with Crippen molar-refractivity contribution >= 4 is 38.7 Å². The summed E-state index contributed by atoms with van der Waals surface area (Å²) in [6, 6.07) is 13.3. The lowest BCUT2D eigenvalue weighted by molar-refractivity contribution is 0.0608. The number of carbonyl (C=O) groups is 1. The van der Waals surface area contributed by atoms with Gasteiger partial charge in [-0.05, 0) is 30.3 Å². The fourth-order valence-electron chi connectivity index (χ4n) is 4.97. The first-order valence-corrected chi connectivity index (χ1v) is 14.2. The lowest BCUT2D eigenvalue weighted by Crippen LogP contribution is -2.50. The van der Waals surface area contributed by atoms with Crippen molar-refractivity contribution in [1.82, 2.24) is 14.8 Å². The number of anilines is 1. The molecule has 1 amide bonds. The van der Waals surface area contributed by atoms with Gasteiger partial charge in [-0.15, -0.1) is 0 Å². The zero-order valence-corrected chi connectivity index (χ0v) is 22.7. The van der Waals surface area contributed by atoms with Gasteiger partial charge in [0.15, 0.2) is 0 Å². The number of aromatic nitrogens is 1. The number of piperazine rings is 1. The first kappa shape index (κ1) is 26.6. The predicted molar refractivity (Wildman–Crippen MR) is 150 cm³/mol. The highest BCUT2D eigenvalue weighted by Crippen LogP contribution is 2.28. The standard InChI is InChI=1S/C28H31N5O5S/c1-37-24-10-12-29-18-21(24)19-32-13-15-33(16-14-32)28(34)23-9-8-22(17-25(23)38-2)31-39(35,36)26-7-3-5-20-6-4-11-30-27(20)26/h3-12,17,21,31H,13-16,18-19H2,1-2H3. The van der Waals surface area contributed by atoms with Crippen LogP contribution in [0.15, 0.2) is 76.5 Å². The summed E-state index contributed by atoms with van der Waals surface area (Å²) < 4.78 is 40.0.